The number of benzene rings is 1. The Morgan fingerprint density at radius 1 is 1.15 bits per heavy atom. The van der Waals surface area contributed by atoms with Gasteiger partial charge < -0.3 is 15.2 Å². The van der Waals surface area contributed by atoms with E-state index in [0.717, 1.165) is 19.0 Å². The molecule has 140 valence electrons. The lowest BCUT2D eigenvalue weighted by molar-refractivity contribution is 0.331. The fourth-order valence-electron chi connectivity index (χ4n) is 3.03. The summed E-state index contributed by atoms with van der Waals surface area (Å²) in [7, 11) is 0. The molecule has 1 saturated heterocycles. The first kappa shape index (κ1) is 18.4. The summed E-state index contributed by atoms with van der Waals surface area (Å²) < 4.78 is 5.11. The quantitative estimate of drug-likeness (QED) is 0.585. The lowest BCUT2D eigenvalue weighted by Gasteiger charge is -2.14. The van der Waals surface area contributed by atoms with Gasteiger partial charge in [-0.25, -0.2) is 4.99 Å². The normalized spacial score (nSPS) is 15.4. The van der Waals surface area contributed by atoms with Crippen LogP contribution in [0, 0.1) is 6.92 Å². The lowest BCUT2D eigenvalue weighted by Crippen LogP contribution is -2.36. The highest BCUT2D eigenvalue weighted by Crippen LogP contribution is 2.13. The van der Waals surface area contributed by atoms with Crippen molar-refractivity contribution >= 4 is 5.96 Å². The minimum absolute atomic E-state index is 0.460. The molecule has 2 heterocycles. The second-order valence-corrected chi connectivity index (χ2v) is 6.58. The number of likely N-dealkylation sites (tertiary alicyclic amines) is 1. The van der Waals surface area contributed by atoms with Crippen LogP contribution >= 0.6 is 0 Å². The molecule has 26 heavy (non-hydrogen) atoms. The molecular weight excluding hydrogens is 328 g/mol. The summed E-state index contributed by atoms with van der Waals surface area (Å²) in [6.07, 6.45) is 2.66. The van der Waals surface area contributed by atoms with Crippen LogP contribution in [-0.4, -0.2) is 40.6 Å². The van der Waals surface area contributed by atoms with E-state index in [0.29, 0.717) is 24.8 Å². The number of nitrogens with one attached hydrogen (secondary N) is 2. The molecule has 1 aromatic heterocycles. The van der Waals surface area contributed by atoms with Gasteiger partial charge in [0, 0.05) is 13.1 Å². The van der Waals surface area contributed by atoms with E-state index in [9.17, 15) is 0 Å². The summed E-state index contributed by atoms with van der Waals surface area (Å²) in [5.74, 6) is 1.93. The van der Waals surface area contributed by atoms with E-state index in [2.05, 4.69) is 54.9 Å². The number of rotatable bonds is 7. The van der Waals surface area contributed by atoms with E-state index < -0.39 is 0 Å². The van der Waals surface area contributed by atoms with Gasteiger partial charge in [-0.15, -0.1) is 0 Å². The zero-order valence-electron chi connectivity index (χ0n) is 15.7. The van der Waals surface area contributed by atoms with Gasteiger partial charge in [-0.1, -0.05) is 29.4 Å². The maximum Gasteiger partial charge on any atom is 0.246 e. The maximum atomic E-state index is 5.11. The lowest BCUT2D eigenvalue weighted by atomic mass is 10.1. The van der Waals surface area contributed by atoms with Crippen molar-refractivity contribution in [1.82, 2.24) is 25.7 Å². The van der Waals surface area contributed by atoms with Crippen LogP contribution in [0.15, 0.2) is 33.8 Å². The Labute approximate surface area is 154 Å². The van der Waals surface area contributed by atoms with Crippen molar-refractivity contribution in [1.29, 1.82) is 0 Å². The first-order chi connectivity index (χ1) is 12.7. The maximum absolute atomic E-state index is 5.11. The zero-order chi connectivity index (χ0) is 18.2. The molecule has 0 amide bonds. The average Bonchev–Trinajstić information content (AvgIpc) is 3.30. The molecule has 1 aromatic carbocycles. The largest absolute Gasteiger partial charge is 0.357 e. The monoisotopic (exact) mass is 356 g/mol. The van der Waals surface area contributed by atoms with Gasteiger partial charge in [0.2, 0.25) is 5.89 Å². The van der Waals surface area contributed by atoms with Gasteiger partial charge in [-0.3, -0.25) is 4.90 Å². The minimum Gasteiger partial charge on any atom is -0.357 e. The Bertz CT molecular complexity index is 703. The molecule has 0 spiro atoms. The van der Waals surface area contributed by atoms with E-state index in [4.69, 9.17) is 4.52 Å². The number of guanidine groups is 1. The van der Waals surface area contributed by atoms with Crippen LogP contribution in [0.2, 0.25) is 0 Å². The van der Waals surface area contributed by atoms with Gasteiger partial charge in [0.05, 0.1) is 13.1 Å². The summed E-state index contributed by atoms with van der Waals surface area (Å²) in [6, 6.07) is 8.76. The smallest absolute Gasteiger partial charge is 0.246 e. The molecule has 1 fully saturated rings. The molecule has 3 rings (SSSR count). The zero-order valence-corrected chi connectivity index (χ0v) is 15.7. The van der Waals surface area contributed by atoms with Crippen molar-refractivity contribution in [2.24, 2.45) is 4.99 Å². The molecule has 0 unspecified atom stereocenters. The van der Waals surface area contributed by atoms with Crippen LogP contribution in [0.3, 0.4) is 0 Å². The van der Waals surface area contributed by atoms with Crippen molar-refractivity contribution in [2.75, 3.05) is 19.6 Å². The molecule has 1 aliphatic heterocycles. The van der Waals surface area contributed by atoms with Crippen LogP contribution < -0.4 is 10.6 Å². The molecular formula is C19H28N6O. The number of nitrogens with zero attached hydrogens (tertiary/aromatic N) is 4. The number of hydrogen-bond acceptors (Lipinski definition) is 5. The number of aromatic nitrogens is 2. The van der Waals surface area contributed by atoms with E-state index in [-0.39, 0.29) is 0 Å². The number of aryl methyl sites for hydroxylation is 1. The average molecular weight is 356 g/mol. The molecule has 7 heteroatoms. The Morgan fingerprint density at radius 2 is 1.88 bits per heavy atom. The van der Waals surface area contributed by atoms with Gasteiger partial charge in [-0.2, -0.15) is 4.98 Å². The first-order valence-electron chi connectivity index (χ1n) is 9.34. The molecule has 2 aromatic rings. The van der Waals surface area contributed by atoms with Crippen LogP contribution in [0.25, 0.3) is 0 Å². The SMILES string of the molecule is CCNC(=NCc1ccc(CN2CCCC2)cc1)NCc1nc(C)no1. The molecule has 1 aliphatic rings. The molecule has 0 saturated carbocycles. The highest BCUT2D eigenvalue weighted by Gasteiger charge is 2.11. The first-order valence-corrected chi connectivity index (χ1v) is 9.34. The molecule has 0 bridgehead atoms. The Kier molecular flexibility index (Phi) is 6.60. The highest BCUT2D eigenvalue weighted by atomic mass is 16.5. The van der Waals surface area contributed by atoms with Crippen LogP contribution in [0.4, 0.5) is 0 Å². The fourth-order valence-corrected chi connectivity index (χ4v) is 3.03. The van der Waals surface area contributed by atoms with Gasteiger partial charge in [0.1, 0.15) is 0 Å². The second-order valence-electron chi connectivity index (χ2n) is 6.58. The van der Waals surface area contributed by atoms with Crippen molar-refractivity contribution in [3.8, 4) is 0 Å². The summed E-state index contributed by atoms with van der Waals surface area (Å²) in [5.41, 5.74) is 2.57. The standard InChI is InChI=1S/C19H28N6O/c1-3-20-19(22-13-18-23-15(2)24-26-18)21-12-16-6-8-17(9-7-16)14-25-10-4-5-11-25/h6-9H,3-5,10-14H2,1-2H3,(H2,20,21,22). The predicted molar refractivity (Wildman–Crippen MR) is 102 cm³/mol. The molecule has 2 N–H and O–H groups in total. The third kappa shape index (κ3) is 5.56. The Morgan fingerprint density at radius 3 is 2.54 bits per heavy atom. The second kappa shape index (κ2) is 9.33. The van der Waals surface area contributed by atoms with E-state index >= 15 is 0 Å². The van der Waals surface area contributed by atoms with Crippen molar-refractivity contribution in [2.45, 2.75) is 46.3 Å². The highest BCUT2D eigenvalue weighted by molar-refractivity contribution is 5.79. The predicted octanol–water partition coefficient (Wildman–Crippen LogP) is 2.23. The third-order valence-electron chi connectivity index (χ3n) is 4.37. The minimum atomic E-state index is 0.460. The van der Waals surface area contributed by atoms with Crippen molar-refractivity contribution in [3.05, 3.63) is 47.1 Å². The molecule has 0 radical (unpaired) electrons. The topological polar surface area (TPSA) is 78.6 Å². The third-order valence-corrected chi connectivity index (χ3v) is 4.37. The summed E-state index contributed by atoms with van der Waals surface area (Å²) in [6.45, 7) is 9.23. The summed E-state index contributed by atoms with van der Waals surface area (Å²) in [4.78, 5) is 11.3. The summed E-state index contributed by atoms with van der Waals surface area (Å²) >= 11 is 0. The van der Waals surface area contributed by atoms with Gasteiger partial charge >= 0.3 is 0 Å². The molecule has 0 aliphatic carbocycles. The van der Waals surface area contributed by atoms with Crippen molar-refractivity contribution < 1.29 is 4.52 Å². The molecule has 0 atom stereocenters. The number of aliphatic imine (C=N–C) groups is 1. The van der Waals surface area contributed by atoms with Gasteiger partial charge in [0.15, 0.2) is 11.8 Å². The van der Waals surface area contributed by atoms with Crippen molar-refractivity contribution in [3.63, 3.8) is 0 Å². The van der Waals surface area contributed by atoms with E-state index in [1.807, 2.05) is 6.92 Å². The van der Waals surface area contributed by atoms with Crippen LogP contribution in [0.1, 0.15) is 42.6 Å². The Hall–Kier alpha value is -2.41. The fraction of sp³-hybridized carbons (Fsp3) is 0.526. The Balaban J connectivity index is 1.52. The van der Waals surface area contributed by atoms with Gasteiger partial charge in [0.25, 0.3) is 0 Å². The van der Waals surface area contributed by atoms with E-state index in [1.54, 1.807) is 6.92 Å². The van der Waals surface area contributed by atoms with E-state index in [1.165, 1.54) is 37.1 Å². The number of hydrogen-bond donors (Lipinski definition) is 2. The van der Waals surface area contributed by atoms with Crippen LogP contribution in [-0.2, 0) is 19.6 Å². The van der Waals surface area contributed by atoms with Crippen LogP contribution in [0.5, 0.6) is 0 Å². The van der Waals surface area contributed by atoms with Gasteiger partial charge in [-0.05, 0) is 50.9 Å². The summed E-state index contributed by atoms with van der Waals surface area (Å²) in [5, 5.41) is 10.2. The molecule has 7 nitrogen and oxygen atoms in total.